The van der Waals surface area contributed by atoms with Crippen molar-refractivity contribution in [3.05, 3.63) is 0 Å². The van der Waals surface area contributed by atoms with Gasteiger partial charge in [0.15, 0.2) is 0 Å². The van der Waals surface area contributed by atoms with Crippen LogP contribution >= 0.6 is 0 Å². The Morgan fingerprint density at radius 1 is 0.706 bits per heavy atom. The normalized spacial score (nSPS) is 13.8. The van der Waals surface area contributed by atoms with Crippen molar-refractivity contribution in [2.24, 2.45) is 0 Å². The molecule has 0 aromatic rings. The van der Waals surface area contributed by atoms with E-state index in [0.717, 1.165) is 26.2 Å². The van der Waals surface area contributed by atoms with Crippen LogP contribution in [0.2, 0.25) is 0 Å². The van der Waals surface area contributed by atoms with Crippen molar-refractivity contribution in [2.75, 3.05) is 40.3 Å². The van der Waals surface area contributed by atoms with Crippen LogP contribution in [-0.2, 0) is 0 Å². The molecule has 104 valence electrons. The summed E-state index contributed by atoms with van der Waals surface area (Å²) in [5.74, 6) is 0. The number of hydrogen-bond donors (Lipinski definition) is 1. The lowest BCUT2D eigenvalue weighted by Crippen LogP contribution is -2.44. The van der Waals surface area contributed by atoms with Crippen molar-refractivity contribution < 1.29 is 0 Å². The summed E-state index contributed by atoms with van der Waals surface area (Å²) in [6.07, 6.45) is 0. The fourth-order valence-electron chi connectivity index (χ4n) is 1.29. The maximum absolute atomic E-state index is 3.51. The second kappa shape index (κ2) is 6.72. The van der Waals surface area contributed by atoms with Crippen LogP contribution in [0.25, 0.3) is 0 Å². The minimum absolute atomic E-state index is 0.268. The third kappa shape index (κ3) is 7.74. The highest BCUT2D eigenvalue weighted by Gasteiger charge is 2.17. The van der Waals surface area contributed by atoms with E-state index in [2.05, 4.69) is 70.8 Å². The molecule has 0 spiro atoms. The van der Waals surface area contributed by atoms with Crippen molar-refractivity contribution in [1.29, 1.82) is 0 Å². The van der Waals surface area contributed by atoms with Gasteiger partial charge in [-0.1, -0.05) is 0 Å². The van der Waals surface area contributed by atoms with E-state index >= 15 is 0 Å². The van der Waals surface area contributed by atoms with Crippen LogP contribution in [-0.4, -0.2) is 61.2 Å². The molecule has 3 heteroatoms. The highest BCUT2D eigenvalue weighted by atomic mass is 15.2. The van der Waals surface area contributed by atoms with Gasteiger partial charge in [-0.3, -0.25) is 0 Å². The van der Waals surface area contributed by atoms with Crippen LogP contribution in [0.5, 0.6) is 0 Å². The second-order valence-electron chi connectivity index (χ2n) is 6.93. The molecule has 0 atom stereocenters. The zero-order chi connectivity index (χ0) is 13.7. The molecule has 17 heavy (non-hydrogen) atoms. The number of likely N-dealkylation sites (N-methyl/N-ethyl adjacent to an activating group) is 2. The Bertz CT molecular complexity index is 178. The summed E-state index contributed by atoms with van der Waals surface area (Å²) in [5, 5.41) is 3.51. The SMILES string of the molecule is CN(CCNCCN(C)C(C)(C)C)C(C)(C)C. The minimum Gasteiger partial charge on any atom is -0.314 e. The summed E-state index contributed by atoms with van der Waals surface area (Å²) in [6, 6.07) is 0. The summed E-state index contributed by atoms with van der Waals surface area (Å²) < 4.78 is 0. The molecule has 0 aromatic carbocycles. The van der Waals surface area contributed by atoms with Crippen LogP contribution in [0.1, 0.15) is 41.5 Å². The molecular formula is C14H33N3. The van der Waals surface area contributed by atoms with Gasteiger partial charge in [0, 0.05) is 37.3 Å². The summed E-state index contributed by atoms with van der Waals surface area (Å²) in [6.45, 7) is 17.8. The van der Waals surface area contributed by atoms with Gasteiger partial charge in [-0.15, -0.1) is 0 Å². The molecule has 0 fully saturated rings. The topological polar surface area (TPSA) is 18.5 Å². The van der Waals surface area contributed by atoms with Crippen molar-refractivity contribution in [3.63, 3.8) is 0 Å². The molecular weight excluding hydrogens is 210 g/mol. The Hall–Kier alpha value is -0.120. The first kappa shape index (κ1) is 16.9. The highest BCUT2D eigenvalue weighted by molar-refractivity contribution is 4.75. The Labute approximate surface area is 109 Å². The molecule has 0 saturated heterocycles. The third-order valence-electron chi connectivity index (χ3n) is 3.54. The zero-order valence-corrected chi connectivity index (χ0v) is 13.2. The van der Waals surface area contributed by atoms with Crippen LogP contribution in [0.4, 0.5) is 0 Å². The molecule has 0 bridgehead atoms. The average Bonchev–Trinajstić information content (AvgIpc) is 2.13. The Balaban J connectivity index is 3.61. The van der Waals surface area contributed by atoms with E-state index < -0.39 is 0 Å². The zero-order valence-electron chi connectivity index (χ0n) is 13.2. The smallest absolute Gasteiger partial charge is 0.0122 e. The molecule has 0 heterocycles. The van der Waals surface area contributed by atoms with Gasteiger partial charge in [0.05, 0.1) is 0 Å². The van der Waals surface area contributed by atoms with Gasteiger partial charge in [-0.25, -0.2) is 0 Å². The largest absolute Gasteiger partial charge is 0.314 e. The molecule has 3 nitrogen and oxygen atoms in total. The van der Waals surface area contributed by atoms with E-state index in [9.17, 15) is 0 Å². The molecule has 0 aliphatic carbocycles. The Morgan fingerprint density at radius 3 is 1.24 bits per heavy atom. The average molecular weight is 243 g/mol. The number of rotatable bonds is 6. The summed E-state index contributed by atoms with van der Waals surface area (Å²) in [5.41, 5.74) is 0.535. The van der Waals surface area contributed by atoms with Crippen LogP contribution in [0.3, 0.4) is 0 Å². The quantitative estimate of drug-likeness (QED) is 0.720. The predicted octanol–water partition coefficient (Wildman–Crippen LogP) is 2.04. The van der Waals surface area contributed by atoms with Crippen LogP contribution < -0.4 is 5.32 Å². The first-order chi connectivity index (χ1) is 7.55. The van der Waals surface area contributed by atoms with E-state index in [1.165, 1.54) is 0 Å². The van der Waals surface area contributed by atoms with E-state index in [-0.39, 0.29) is 11.1 Å². The number of nitrogens with zero attached hydrogens (tertiary/aromatic N) is 2. The molecule has 0 radical (unpaired) electrons. The van der Waals surface area contributed by atoms with Crippen molar-refractivity contribution in [3.8, 4) is 0 Å². The monoisotopic (exact) mass is 243 g/mol. The predicted molar refractivity (Wildman–Crippen MR) is 77.6 cm³/mol. The lowest BCUT2D eigenvalue weighted by molar-refractivity contribution is 0.165. The molecule has 0 rings (SSSR count). The van der Waals surface area contributed by atoms with Gasteiger partial charge in [0.25, 0.3) is 0 Å². The van der Waals surface area contributed by atoms with Crippen molar-refractivity contribution in [2.45, 2.75) is 52.6 Å². The minimum atomic E-state index is 0.268. The van der Waals surface area contributed by atoms with E-state index in [1.807, 2.05) is 0 Å². The fourth-order valence-corrected chi connectivity index (χ4v) is 1.29. The van der Waals surface area contributed by atoms with E-state index in [0.29, 0.717) is 0 Å². The Kier molecular flexibility index (Phi) is 6.67. The maximum Gasteiger partial charge on any atom is 0.0122 e. The van der Waals surface area contributed by atoms with Crippen molar-refractivity contribution >= 4 is 0 Å². The fraction of sp³-hybridized carbons (Fsp3) is 1.00. The standard InChI is InChI=1S/C14H33N3/c1-13(2,3)16(7)11-9-15-10-12-17(8)14(4,5)6/h15H,9-12H2,1-8H3. The summed E-state index contributed by atoms with van der Waals surface area (Å²) in [4.78, 5) is 4.76. The first-order valence-corrected chi connectivity index (χ1v) is 6.68. The van der Waals surface area contributed by atoms with Gasteiger partial charge >= 0.3 is 0 Å². The summed E-state index contributed by atoms with van der Waals surface area (Å²) in [7, 11) is 4.37. The molecule has 0 aromatic heterocycles. The molecule has 1 N–H and O–H groups in total. The van der Waals surface area contributed by atoms with Gasteiger partial charge < -0.3 is 15.1 Å². The number of hydrogen-bond acceptors (Lipinski definition) is 3. The molecule has 0 unspecified atom stereocenters. The lowest BCUT2D eigenvalue weighted by Gasteiger charge is -2.33. The van der Waals surface area contributed by atoms with E-state index in [4.69, 9.17) is 0 Å². The summed E-state index contributed by atoms with van der Waals surface area (Å²) >= 11 is 0. The highest BCUT2D eigenvalue weighted by Crippen LogP contribution is 2.09. The van der Waals surface area contributed by atoms with Gasteiger partial charge in [-0.2, -0.15) is 0 Å². The van der Waals surface area contributed by atoms with Gasteiger partial charge in [0.2, 0.25) is 0 Å². The molecule has 0 saturated carbocycles. The molecule has 0 aliphatic rings. The van der Waals surface area contributed by atoms with Gasteiger partial charge in [0.1, 0.15) is 0 Å². The van der Waals surface area contributed by atoms with Gasteiger partial charge in [-0.05, 0) is 55.6 Å². The van der Waals surface area contributed by atoms with Crippen LogP contribution in [0, 0.1) is 0 Å². The maximum atomic E-state index is 3.51. The van der Waals surface area contributed by atoms with Crippen molar-refractivity contribution in [1.82, 2.24) is 15.1 Å². The van der Waals surface area contributed by atoms with Crippen LogP contribution in [0.15, 0.2) is 0 Å². The lowest BCUT2D eigenvalue weighted by atomic mass is 10.1. The second-order valence-corrected chi connectivity index (χ2v) is 6.93. The number of nitrogens with one attached hydrogen (secondary N) is 1. The Morgan fingerprint density at radius 2 is 1.00 bits per heavy atom. The van der Waals surface area contributed by atoms with E-state index in [1.54, 1.807) is 0 Å². The molecule has 0 aliphatic heterocycles. The third-order valence-corrected chi connectivity index (χ3v) is 3.54. The molecule has 0 amide bonds. The first-order valence-electron chi connectivity index (χ1n) is 6.68.